The molecule has 134 valence electrons. The number of rotatable bonds is 6. The Balaban J connectivity index is 2.00. The second kappa shape index (κ2) is 8.06. The maximum atomic E-state index is 11.4. The second-order valence-electron chi connectivity index (χ2n) is 5.71. The number of hydrogen-bond acceptors (Lipinski definition) is 4. The third-order valence-electron chi connectivity index (χ3n) is 4.03. The van der Waals surface area contributed by atoms with Crippen molar-refractivity contribution in [2.24, 2.45) is 0 Å². The lowest BCUT2D eigenvalue weighted by molar-refractivity contribution is -0.140. The van der Waals surface area contributed by atoms with Gasteiger partial charge in [-0.3, -0.25) is 4.79 Å². The van der Waals surface area contributed by atoms with Crippen molar-refractivity contribution in [1.29, 1.82) is 0 Å². The lowest BCUT2D eigenvalue weighted by atomic mass is 10.1. The predicted molar refractivity (Wildman–Crippen MR) is 101 cm³/mol. The van der Waals surface area contributed by atoms with Crippen LogP contribution < -0.4 is 4.74 Å². The summed E-state index contributed by atoms with van der Waals surface area (Å²) in [6, 6.07) is 17.2. The summed E-state index contributed by atoms with van der Waals surface area (Å²) in [5, 5.41) is 5.35. The lowest BCUT2D eigenvalue weighted by Gasteiger charge is -2.08. The number of benzene rings is 2. The smallest absolute Gasteiger partial charge is 0.305 e. The molecule has 3 aromatic rings. The third-order valence-corrected chi connectivity index (χ3v) is 4.28. The number of nitrogens with zero attached hydrogens (tertiary/aromatic N) is 2. The van der Waals surface area contributed by atoms with Crippen LogP contribution in [-0.2, 0) is 16.0 Å². The van der Waals surface area contributed by atoms with Gasteiger partial charge in [-0.2, -0.15) is 5.10 Å². The first-order valence-electron chi connectivity index (χ1n) is 8.17. The first-order valence-corrected chi connectivity index (χ1v) is 8.54. The van der Waals surface area contributed by atoms with Gasteiger partial charge in [0.1, 0.15) is 5.75 Å². The van der Waals surface area contributed by atoms with Crippen molar-refractivity contribution in [2.75, 3.05) is 14.2 Å². The molecule has 6 heteroatoms. The monoisotopic (exact) mass is 370 g/mol. The molecule has 1 heterocycles. The van der Waals surface area contributed by atoms with E-state index < -0.39 is 0 Å². The largest absolute Gasteiger partial charge is 0.497 e. The van der Waals surface area contributed by atoms with Crippen LogP contribution in [0.15, 0.2) is 54.6 Å². The van der Waals surface area contributed by atoms with E-state index in [0.29, 0.717) is 11.4 Å². The number of aromatic nitrogens is 2. The van der Waals surface area contributed by atoms with Crippen molar-refractivity contribution < 1.29 is 14.3 Å². The molecule has 5 nitrogen and oxygen atoms in total. The molecular weight excluding hydrogens is 352 g/mol. The highest BCUT2D eigenvalue weighted by atomic mass is 35.5. The van der Waals surface area contributed by atoms with Crippen molar-refractivity contribution in [1.82, 2.24) is 9.78 Å². The summed E-state index contributed by atoms with van der Waals surface area (Å²) in [4.78, 5) is 11.4. The summed E-state index contributed by atoms with van der Waals surface area (Å²) in [6.07, 6.45) is 0.798. The van der Waals surface area contributed by atoms with Crippen LogP contribution in [-0.4, -0.2) is 30.0 Å². The average Bonchev–Trinajstić information content (AvgIpc) is 3.11. The SMILES string of the molecule is COC(=O)CCc1cc(-c2ccc(Cl)cc2)n(-c2ccc(OC)cc2)n1. The summed E-state index contributed by atoms with van der Waals surface area (Å²) in [6.45, 7) is 0. The number of ether oxygens (including phenoxy) is 2. The number of carbonyl (C=O) groups is 1. The molecule has 0 aliphatic rings. The summed E-state index contributed by atoms with van der Waals surface area (Å²) in [5.41, 5.74) is 3.63. The molecule has 1 aromatic heterocycles. The van der Waals surface area contributed by atoms with Crippen LogP contribution in [0.4, 0.5) is 0 Å². The third kappa shape index (κ3) is 4.06. The zero-order chi connectivity index (χ0) is 18.5. The predicted octanol–water partition coefficient (Wildman–Crippen LogP) is 4.31. The van der Waals surface area contributed by atoms with E-state index in [2.05, 4.69) is 5.10 Å². The van der Waals surface area contributed by atoms with Gasteiger partial charge in [0, 0.05) is 17.0 Å². The molecule has 0 saturated carbocycles. The molecule has 0 radical (unpaired) electrons. The highest BCUT2D eigenvalue weighted by Gasteiger charge is 2.13. The summed E-state index contributed by atoms with van der Waals surface area (Å²) < 4.78 is 11.8. The maximum Gasteiger partial charge on any atom is 0.305 e. The van der Waals surface area contributed by atoms with E-state index >= 15 is 0 Å². The number of carbonyl (C=O) groups excluding carboxylic acids is 1. The fourth-order valence-electron chi connectivity index (χ4n) is 2.63. The first kappa shape index (κ1) is 18.0. The van der Waals surface area contributed by atoms with E-state index in [-0.39, 0.29) is 12.4 Å². The van der Waals surface area contributed by atoms with E-state index in [1.54, 1.807) is 7.11 Å². The molecule has 26 heavy (non-hydrogen) atoms. The van der Waals surface area contributed by atoms with Crippen LogP contribution in [0.3, 0.4) is 0 Å². The van der Waals surface area contributed by atoms with E-state index in [1.807, 2.05) is 59.3 Å². The fraction of sp³-hybridized carbons (Fsp3) is 0.200. The molecule has 0 N–H and O–H groups in total. The molecule has 3 rings (SSSR count). The molecule has 0 atom stereocenters. The molecule has 0 aliphatic carbocycles. The van der Waals surface area contributed by atoms with Crippen LogP contribution in [0.2, 0.25) is 5.02 Å². The summed E-state index contributed by atoms with van der Waals surface area (Å²) >= 11 is 6.01. The highest BCUT2D eigenvalue weighted by Crippen LogP contribution is 2.27. The Bertz CT molecular complexity index is 886. The molecule has 0 bridgehead atoms. The Morgan fingerprint density at radius 1 is 1.08 bits per heavy atom. The van der Waals surface area contributed by atoms with Crippen molar-refractivity contribution >= 4 is 17.6 Å². The summed E-state index contributed by atoms with van der Waals surface area (Å²) in [5.74, 6) is 0.525. The van der Waals surface area contributed by atoms with Crippen molar-refractivity contribution in [3.63, 3.8) is 0 Å². The molecule has 0 spiro atoms. The van der Waals surface area contributed by atoms with Crippen molar-refractivity contribution in [3.8, 4) is 22.7 Å². The van der Waals surface area contributed by atoms with Gasteiger partial charge < -0.3 is 9.47 Å². The van der Waals surface area contributed by atoms with Gasteiger partial charge >= 0.3 is 5.97 Å². The van der Waals surface area contributed by atoms with E-state index in [9.17, 15) is 4.79 Å². The van der Waals surface area contributed by atoms with Gasteiger partial charge in [0.2, 0.25) is 0 Å². The van der Waals surface area contributed by atoms with Gasteiger partial charge in [-0.05, 0) is 42.5 Å². The van der Waals surface area contributed by atoms with Gasteiger partial charge in [-0.15, -0.1) is 0 Å². The Labute approximate surface area is 157 Å². The summed E-state index contributed by atoms with van der Waals surface area (Å²) in [7, 11) is 3.02. The maximum absolute atomic E-state index is 11.4. The van der Waals surface area contributed by atoms with Crippen LogP contribution in [0.25, 0.3) is 16.9 Å². The molecule has 0 saturated heterocycles. The van der Waals surface area contributed by atoms with Crippen LogP contribution in [0.1, 0.15) is 12.1 Å². The van der Waals surface area contributed by atoms with E-state index in [0.717, 1.165) is 28.4 Å². The van der Waals surface area contributed by atoms with Gasteiger partial charge in [0.25, 0.3) is 0 Å². The van der Waals surface area contributed by atoms with Crippen molar-refractivity contribution in [2.45, 2.75) is 12.8 Å². The number of esters is 1. The van der Waals surface area contributed by atoms with Gasteiger partial charge in [0.15, 0.2) is 0 Å². The normalized spacial score (nSPS) is 10.6. The zero-order valence-electron chi connectivity index (χ0n) is 14.6. The molecule has 0 aliphatic heterocycles. The lowest BCUT2D eigenvalue weighted by Crippen LogP contribution is -2.03. The minimum atomic E-state index is -0.253. The second-order valence-corrected chi connectivity index (χ2v) is 6.15. The zero-order valence-corrected chi connectivity index (χ0v) is 15.4. The van der Waals surface area contributed by atoms with Crippen LogP contribution in [0, 0.1) is 0 Å². The van der Waals surface area contributed by atoms with Crippen molar-refractivity contribution in [3.05, 3.63) is 65.3 Å². The number of methoxy groups -OCH3 is 2. The van der Waals surface area contributed by atoms with Gasteiger partial charge in [0.05, 0.1) is 37.7 Å². The topological polar surface area (TPSA) is 53.4 Å². The van der Waals surface area contributed by atoms with Crippen LogP contribution in [0.5, 0.6) is 5.75 Å². The number of hydrogen-bond donors (Lipinski definition) is 0. The average molecular weight is 371 g/mol. The molecule has 0 fully saturated rings. The number of halogens is 1. The highest BCUT2D eigenvalue weighted by molar-refractivity contribution is 6.30. The van der Waals surface area contributed by atoms with Crippen LogP contribution >= 0.6 is 11.6 Å². The van der Waals surface area contributed by atoms with Gasteiger partial charge in [-0.25, -0.2) is 4.68 Å². The molecular formula is C20H19ClN2O3. The Kier molecular flexibility index (Phi) is 5.58. The molecule has 0 unspecified atom stereocenters. The Hall–Kier alpha value is -2.79. The minimum absolute atomic E-state index is 0.253. The quantitative estimate of drug-likeness (QED) is 0.607. The van der Waals surface area contributed by atoms with E-state index in [4.69, 9.17) is 21.1 Å². The first-order chi connectivity index (χ1) is 12.6. The molecule has 0 amide bonds. The minimum Gasteiger partial charge on any atom is -0.497 e. The molecule has 2 aromatic carbocycles. The van der Waals surface area contributed by atoms with Gasteiger partial charge in [-0.1, -0.05) is 23.7 Å². The Morgan fingerprint density at radius 3 is 2.38 bits per heavy atom. The standard InChI is InChI=1S/C20H19ClN2O3/c1-25-18-10-8-17(9-11-18)23-19(14-3-5-15(21)6-4-14)13-16(22-23)7-12-20(24)26-2/h3-6,8-11,13H,7,12H2,1-2H3. The Morgan fingerprint density at radius 2 is 1.77 bits per heavy atom. The number of aryl methyl sites for hydroxylation is 1. The fourth-order valence-corrected chi connectivity index (χ4v) is 2.76. The van der Waals surface area contributed by atoms with E-state index in [1.165, 1.54) is 7.11 Å².